The first-order chi connectivity index (χ1) is 13.5. The van der Waals surface area contributed by atoms with E-state index in [2.05, 4.69) is 10.3 Å². The zero-order valence-corrected chi connectivity index (χ0v) is 16.9. The minimum Gasteiger partial charge on any atom is -0.496 e. The van der Waals surface area contributed by atoms with E-state index in [-0.39, 0.29) is 5.91 Å². The molecule has 0 aliphatic carbocycles. The number of thioether (sulfide) groups is 1. The number of hydrogen-bond acceptors (Lipinski definition) is 4. The van der Waals surface area contributed by atoms with Gasteiger partial charge in [0.25, 0.3) is 5.91 Å². The van der Waals surface area contributed by atoms with Crippen LogP contribution in [0.25, 0.3) is 16.8 Å². The van der Waals surface area contributed by atoms with Crippen LogP contribution in [-0.2, 0) is 4.79 Å². The summed E-state index contributed by atoms with van der Waals surface area (Å²) in [5.41, 5.74) is 2.69. The Morgan fingerprint density at radius 2 is 1.89 bits per heavy atom. The molecule has 0 radical (unpaired) electrons. The van der Waals surface area contributed by atoms with E-state index in [0.717, 1.165) is 33.3 Å². The number of nitrogens with zero attached hydrogens (tertiary/aromatic N) is 1. The van der Waals surface area contributed by atoms with Gasteiger partial charge in [0.05, 0.1) is 17.7 Å². The molecule has 1 fully saturated rings. The number of methoxy groups -OCH3 is 1. The van der Waals surface area contributed by atoms with Gasteiger partial charge in [0.15, 0.2) is 5.17 Å². The number of nitrogens with one attached hydrogen (secondary N) is 1. The summed E-state index contributed by atoms with van der Waals surface area (Å²) in [4.78, 5) is 17.6. The molecule has 1 heterocycles. The molecule has 3 aromatic carbocycles. The Labute approximate surface area is 172 Å². The summed E-state index contributed by atoms with van der Waals surface area (Å²) in [6, 6.07) is 17.4. The third kappa shape index (κ3) is 3.63. The highest BCUT2D eigenvalue weighted by atomic mass is 35.5. The second-order valence-corrected chi connectivity index (χ2v) is 7.78. The summed E-state index contributed by atoms with van der Waals surface area (Å²) in [6.45, 7) is 1.96. The van der Waals surface area contributed by atoms with Crippen LogP contribution in [0.4, 0.5) is 5.69 Å². The van der Waals surface area contributed by atoms with E-state index in [9.17, 15) is 4.79 Å². The summed E-state index contributed by atoms with van der Waals surface area (Å²) in [6.07, 6.45) is 1.88. The maximum atomic E-state index is 12.5. The Morgan fingerprint density at radius 1 is 1.11 bits per heavy atom. The topological polar surface area (TPSA) is 50.7 Å². The lowest BCUT2D eigenvalue weighted by Crippen LogP contribution is -2.19. The van der Waals surface area contributed by atoms with Crippen LogP contribution in [0.5, 0.6) is 5.75 Å². The van der Waals surface area contributed by atoms with Crippen LogP contribution in [-0.4, -0.2) is 18.2 Å². The van der Waals surface area contributed by atoms with E-state index in [0.29, 0.717) is 15.1 Å². The lowest BCUT2D eigenvalue weighted by Gasteiger charge is -2.08. The van der Waals surface area contributed by atoms with E-state index in [4.69, 9.17) is 16.3 Å². The SMILES string of the molecule is COc1ccc(/C=C2\SC(=Nc3cc(Cl)ccc3C)NC2=O)c2ccccc12. The fourth-order valence-electron chi connectivity index (χ4n) is 3.03. The molecule has 1 amide bonds. The number of rotatable bonds is 3. The van der Waals surface area contributed by atoms with Crippen LogP contribution in [0.2, 0.25) is 5.02 Å². The van der Waals surface area contributed by atoms with Crippen LogP contribution >= 0.6 is 23.4 Å². The average Bonchev–Trinajstić information content (AvgIpc) is 3.04. The Hall–Kier alpha value is -2.76. The van der Waals surface area contributed by atoms with Crippen molar-refractivity contribution in [2.75, 3.05) is 7.11 Å². The number of carbonyl (C=O) groups is 1. The summed E-state index contributed by atoms with van der Waals surface area (Å²) >= 11 is 7.38. The van der Waals surface area contributed by atoms with Crippen molar-refractivity contribution in [1.82, 2.24) is 5.32 Å². The number of amidine groups is 1. The number of carbonyl (C=O) groups excluding carboxylic acids is 1. The van der Waals surface area contributed by atoms with Gasteiger partial charge in [0, 0.05) is 10.4 Å². The molecule has 28 heavy (non-hydrogen) atoms. The Morgan fingerprint density at radius 3 is 2.68 bits per heavy atom. The molecule has 1 saturated heterocycles. The number of halogens is 1. The fourth-order valence-corrected chi connectivity index (χ4v) is 4.02. The van der Waals surface area contributed by atoms with Gasteiger partial charge >= 0.3 is 0 Å². The van der Waals surface area contributed by atoms with E-state index in [1.807, 2.05) is 61.5 Å². The van der Waals surface area contributed by atoms with Gasteiger partial charge in [-0.15, -0.1) is 0 Å². The number of aliphatic imine (C=N–C) groups is 1. The second kappa shape index (κ2) is 7.70. The minimum atomic E-state index is -0.164. The van der Waals surface area contributed by atoms with Crippen molar-refractivity contribution < 1.29 is 9.53 Å². The fraction of sp³-hybridized carbons (Fsp3) is 0.0909. The van der Waals surface area contributed by atoms with Gasteiger partial charge in [-0.25, -0.2) is 4.99 Å². The van der Waals surface area contributed by atoms with Crippen molar-refractivity contribution in [3.63, 3.8) is 0 Å². The van der Waals surface area contributed by atoms with Crippen LogP contribution in [0, 0.1) is 6.92 Å². The number of hydrogen-bond donors (Lipinski definition) is 1. The van der Waals surface area contributed by atoms with E-state index >= 15 is 0 Å². The zero-order chi connectivity index (χ0) is 19.7. The van der Waals surface area contributed by atoms with Gasteiger partial charge in [0.2, 0.25) is 0 Å². The second-order valence-electron chi connectivity index (χ2n) is 6.32. The minimum absolute atomic E-state index is 0.164. The summed E-state index contributed by atoms with van der Waals surface area (Å²) in [5, 5.41) is 6.01. The summed E-state index contributed by atoms with van der Waals surface area (Å²) < 4.78 is 5.44. The van der Waals surface area contributed by atoms with E-state index in [1.54, 1.807) is 13.2 Å². The first-order valence-corrected chi connectivity index (χ1v) is 9.86. The number of fused-ring (bicyclic) bond motifs is 1. The molecule has 1 aliphatic rings. The first kappa shape index (κ1) is 18.6. The predicted molar refractivity (Wildman–Crippen MR) is 117 cm³/mol. The number of aryl methyl sites for hydroxylation is 1. The molecule has 3 aromatic rings. The lowest BCUT2D eigenvalue weighted by atomic mass is 10.0. The summed E-state index contributed by atoms with van der Waals surface area (Å²) in [7, 11) is 1.65. The Kier molecular flexibility index (Phi) is 5.11. The number of ether oxygens (including phenoxy) is 1. The lowest BCUT2D eigenvalue weighted by molar-refractivity contribution is -0.115. The molecule has 4 rings (SSSR count). The smallest absolute Gasteiger partial charge is 0.264 e. The third-order valence-corrected chi connectivity index (χ3v) is 5.61. The van der Waals surface area contributed by atoms with Gasteiger partial charge in [0.1, 0.15) is 5.75 Å². The average molecular weight is 409 g/mol. The molecule has 0 saturated carbocycles. The molecule has 1 aliphatic heterocycles. The quantitative estimate of drug-likeness (QED) is 0.565. The normalized spacial score (nSPS) is 16.8. The monoisotopic (exact) mass is 408 g/mol. The Bertz CT molecular complexity index is 1150. The molecule has 0 aromatic heterocycles. The van der Waals surface area contributed by atoms with Crippen LogP contribution in [0.3, 0.4) is 0 Å². The van der Waals surface area contributed by atoms with Gasteiger partial charge in [-0.1, -0.05) is 48.0 Å². The van der Waals surface area contributed by atoms with Crippen molar-refractivity contribution in [2.45, 2.75) is 6.92 Å². The molecule has 0 atom stereocenters. The molecule has 1 N–H and O–H groups in total. The molecule has 0 bridgehead atoms. The first-order valence-electron chi connectivity index (χ1n) is 8.66. The Balaban J connectivity index is 1.70. The molecule has 6 heteroatoms. The van der Waals surface area contributed by atoms with Gasteiger partial charge in [-0.3, -0.25) is 4.79 Å². The maximum absolute atomic E-state index is 12.5. The van der Waals surface area contributed by atoms with Crippen molar-refractivity contribution in [1.29, 1.82) is 0 Å². The highest BCUT2D eigenvalue weighted by Crippen LogP contribution is 2.34. The molecular weight excluding hydrogens is 392 g/mol. The van der Waals surface area contributed by atoms with Crippen molar-refractivity contribution in [3.05, 3.63) is 75.7 Å². The predicted octanol–water partition coefficient (Wildman–Crippen LogP) is 5.70. The highest BCUT2D eigenvalue weighted by Gasteiger charge is 2.24. The third-order valence-electron chi connectivity index (χ3n) is 4.47. The zero-order valence-electron chi connectivity index (χ0n) is 15.3. The molecule has 0 spiro atoms. The summed E-state index contributed by atoms with van der Waals surface area (Å²) in [5.74, 6) is 0.642. The standard InChI is InChI=1S/C22H17ClN2O2S/c1-13-7-9-15(23)12-18(13)24-22-25-21(26)20(28-22)11-14-8-10-19(27-2)17-6-4-3-5-16(14)17/h3-12H,1-2H3,(H,24,25,26)/b20-11-. The van der Waals surface area contributed by atoms with E-state index in [1.165, 1.54) is 11.8 Å². The number of benzene rings is 3. The molecule has 0 unspecified atom stereocenters. The van der Waals surface area contributed by atoms with Crippen molar-refractivity contribution in [2.24, 2.45) is 4.99 Å². The maximum Gasteiger partial charge on any atom is 0.264 e. The molecule has 4 nitrogen and oxygen atoms in total. The van der Waals surface area contributed by atoms with Gasteiger partial charge < -0.3 is 10.1 Å². The van der Waals surface area contributed by atoms with Gasteiger partial charge in [-0.05, 0) is 59.5 Å². The van der Waals surface area contributed by atoms with Gasteiger partial charge in [-0.2, -0.15) is 0 Å². The van der Waals surface area contributed by atoms with E-state index < -0.39 is 0 Å². The van der Waals surface area contributed by atoms with Crippen molar-refractivity contribution >= 4 is 57.0 Å². The highest BCUT2D eigenvalue weighted by molar-refractivity contribution is 8.18. The van der Waals surface area contributed by atoms with Crippen LogP contribution in [0.15, 0.2) is 64.5 Å². The number of amides is 1. The molecule has 140 valence electrons. The molecular formula is C22H17ClN2O2S. The van der Waals surface area contributed by atoms with Crippen molar-refractivity contribution in [3.8, 4) is 5.75 Å². The largest absolute Gasteiger partial charge is 0.496 e. The van der Waals surface area contributed by atoms with Crippen LogP contribution < -0.4 is 10.1 Å². The van der Waals surface area contributed by atoms with Crippen LogP contribution in [0.1, 0.15) is 11.1 Å².